The quantitative estimate of drug-likeness (QED) is 0.662. The number of amides is 1. The Morgan fingerprint density at radius 1 is 1.37 bits per heavy atom. The summed E-state index contributed by atoms with van der Waals surface area (Å²) in [5.41, 5.74) is 0.779. The lowest BCUT2D eigenvalue weighted by Crippen LogP contribution is -2.34. The topological polar surface area (TPSA) is 91.3 Å². The van der Waals surface area contributed by atoms with Gasteiger partial charge in [-0.2, -0.15) is 0 Å². The van der Waals surface area contributed by atoms with Crippen molar-refractivity contribution in [3.8, 4) is 0 Å². The van der Waals surface area contributed by atoms with Crippen molar-refractivity contribution < 1.29 is 14.7 Å². The van der Waals surface area contributed by atoms with Gasteiger partial charge in [-0.25, -0.2) is 9.78 Å². The van der Waals surface area contributed by atoms with E-state index in [1.165, 1.54) is 25.1 Å². The molecule has 1 aliphatic carbocycles. The van der Waals surface area contributed by atoms with Crippen LogP contribution in [0.3, 0.4) is 0 Å². The monoisotopic (exact) mass is 263 g/mol. The molecule has 0 unspecified atom stereocenters. The summed E-state index contributed by atoms with van der Waals surface area (Å²) in [6, 6.07) is 3.07. The summed E-state index contributed by atoms with van der Waals surface area (Å²) in [5, 5.41) is 14.6. The van der Waals surface area contributed by atoms with E-state index in [4.69, 9.17) is 5.11 Å². The minimum Gasteiger partial charge on any atom is -0.477 e. The van der Waals surface area contributed by atoms with E-state index in [9.17, 15) is 9.59 Å². The third-order valence-electron chi connectivity index (χ3n) is 2.95. The van der Waals surface area contributed by atoms with E-state index < -0.39 is 5.97 Å². The predicted octanol–water partition coefficient (Wildman–Crippen LogP) is 0.396. The van der Waals surface area contributed by atoms with E-state index in [1.807, 2.05) is 0 Å². The Kier molecular flexibility index (Phi) is 4.46. The predicted molar refractivity (Wildman–Crippen MR) is 68.6 cm³/mol. The average Bonchev–Trinajstić information content (AvgIpc) is 3.21. The normalized spacial score (nSPS) is 14.1. The third kappa shape index (κ3) is 4.67. The van der Waals surface area contributed by atoms with Crippen LogP contribution in [0.25, 0.3) is 0 Å². The molecule has 1 fully saturated rings. The summed E-state index contributed by atoms with van der Waals surface area (Å²) in [7, 11) is 0. The minimum atomic E-state index is -1.06. The van der Waals surface area contributed by atoms with Gasteiger partial charge in [0.05, 0.1) is 6.54 Å². The van der Waals surface area contributed by atoms with Crippen LogP contribution in [-0.4, -0.2) is 35.1 Å². The molecule has 6 heteroatoms. The highest BCUT2D eigenvalue weighted by Gasteiger charge is 2.20. The number of carboxylic acids is 1. The molecule has 1 aromatic heterocycles. The molecule has 0 aromatic carbocycles. The smallest absolute Gasteiger partial charge is 0.354 e. The zero-order valence-electron chi connectivity index (χ0n) is 10.6. The maximum Gasteiger partial charge on any atom is 0.354 e. The number of carbonyl (C=O) groups is 2. The molecule has 0 aliphatic heterocycles. The van der Waals surface area contributed by atoms with Gasteiger partial charge in [-0.05, 0) is 36.9 Å². The average molecular weight is 263 g/mol. The van der Waals surface area contributed by atoms with E-state index in [-0.39, 0.29) is 11.6 Å². The number of rotatable bonds is 7. The van der Waals surface area contributed by atoms with Crippen molar-refractivity contribution in [2.24, 2.45) is 5.92 Å². The standard InChI is InChI=1S/C13H17N3O3/c17-12(8-14-5-9-1-2-9)16-7-10-3-4-11(13(18)19)15-6-10/h3-4,6,9,14H,1-2,5,7-8H2,(H,16,17)(H,18,19). The van der Waals surface area contributed by atoms with Crippen LogP contribution in [0.15, 0.2) is 18.3 Å². The molecule has 0 spiro atoms. The van der Waals surface area contributed by atoms with E-state index >= 15 is 0 Å². The molecule has 102 valence electrons. The number of nitrogens with zero attached hydrogens (tertiary/aromatic N) is 1. The van der Waals surface area contributed by atoms with Crippen LogP contribution in [0.4, 0.5) is 0 Å². The number of nitrogens with one attached hydrogen (secondary N) is 2. The summed E-state index contributed by atoms with van der Waals surface area (Å²) < 4.78 is 0. The Labute approximate surface area is 111 Å². The zero-order valence-corrected chi connectivity index (χ0v) is 10.6. The Bertz CT molecular complexity index is 455. The summed E-state index contributed by atoms with van der Waals surface area (Å²) >= 11 is 0. The van der Waals surface area contributed by atoms with Crippen molar-refractivity contribution in [3.63, 3.8) is 0 Å². The molecule has 1 heterocycles. The summed E-state index contributed by atoms with van der Waals surface area (Å²) in [6.45, 7) is 1.58. The SMILES string of the molecule is O=C(CNCC1CC1)NCc1ccc(C(=O)O)nc1. The van der Waals surface area contributed by atoms with Crippen molar-refractivity contribution in [1.29, 1.82) is 0 Å². The molecule has 2 rings (SSSR count). The number of carboxylic acid groups (broad SMARTS) is 1. The molecule has 0 saturated heterocycles. The number of hydrogen-bond acceptors (Lipinski definition) is 4. The van der Waals surface area contributed by atoms with Crippen molar-refractivity contribution in [3.05, 3.63) is 29.6 Å². The molecular weight excluding hydrogens is 246 g/mol. The van der Waals surface area contributed by atoms with Crippen LogP contribution in [0.5, 0.6) is 0 Å². The zero-order chi connectivity index (χ0) is 13.7. The van der Waals surface area contributed by atoms with Gasteiger partial charge in [-0.1, -0.05) is 6.07 Å². The van der Waals surface area contributed by atoms with E-state index in [2.05, 4.69) is 15.6 Å². The van der Waals surface area contributed by atoms with E-state index in [0.717, 1.165) is 18.0 Å². The number of hydrogen-bond donors (Lipinski definition) is 3. The fourth-order valence-corrected chi connectivity index (χ4v) is 1.63. The van der Waals surface area contributed by atoms with Gasteiger partial charge in [0.25, 0.3) is 0 Å². The molecule has 3 N–H and O–H groups in total. The molecule has 1 aliphatic rings. The highest BCUT2D eigenvalue weighted by Crippen LogP contribution is 2.27. The maximum absolute atomic E-state index is 11.5. The molecule has 1 saturated carbocycles. The van der Waals surface area contributed by atoms with Crippen LogP contribution in [0.2, 0.25) is 0 Å². The molecular formula is C13H17N3O3. The minimum absolute atomic E-state index is 0.00109. The van der Waals surface area contributed by atoms with E-state index in [0.29, 0.717) is 13.1 Å². The second-order valence-electron chi connectivity index (χ2n) is 4.71. The Hall–Kier alpha value is -1.95. The second kappa shape index (κ2) is 6.29. The number of aromatic nitrogens is 1. The van der Waals surface area contributed by atoms with Crippen LogP contribution in [0, 0.1) is 5.92 Å². The Morgan fingerprint density at radius 2 is 2.16 bits per heavy atom. The van der Waals surface area contributed by atoms with Gasteiger partial charge in [0.1, 0.15) is 5.69 Å². The molecule has 6 nitrogen and oxygen atoms in total. The first kappa shape index (κ1) is 13.5. The van der Waals surface area contributed by atoms with Crippen molar-refractivity contribution in [2.75, 3.05) is 13.1 Å². The lowest BCUT2D eigenvalue weighted by Gasteiger charge is -2.06. The molecule has 0 atom stereocenters. The fraction of sp³-hybridized carbons (Fsp3) is 0.462. The third-order valence-corrected chi connectivity index (χ3v) is 2.95. The fourth-order valence-electron chi connectivity index (χ4n) is 1.63. The van der Waals surface area contributed by atoms with Crippen molar-refractivity contribution in [1.82, 2.24) is 15.6 Å². The number of pyridine rings is 1. The van der Waals surface area contributed by atoms with Crippen LogP contribution >= 0.6 is 0 Å². The summed E-state index contributed by atoms with van der Waals surface area (Å²) in [6.07, 6.45) is 3.98. The Morgan fingerprint density at radius 3 is 2.74 bits per heavy atom. The summed E-state index contributed by atoms with van der Waals surface area (Å²) in [4.78, 5) is 25.9. The second-order valence-corrected chi connectivity index (χ2v) is 4.71. The molecule has 1 aromatic rings. The van der Waals surface area contributed by atoms with Crippen LogP contribution in [0.1, 0.15) is 28.9 Å². The van der Waals surface area contributed by atoms with E-state index in [1.54, 1.807) is 6.07 Å². The van der Waals surface area contributed by atoms with Gasteiger partial charge in [0.15, 0.2) is 0 Å². The van der Waals surface area contributed by atoms with Gasteiger partial charge in [0.2, 0.25) is 5.91 Å². The van der Waals surface area contributed by atoms with Gasteiger partial charge in [-0.15, -0.1) is 0 Å². The van der Waals surface area contributed by atoms with Crippen LogP contribution < -0.4 is 10.6 Å². The van der Waals surface area contributed by atoms with Gasteiger partial charge >= 0.3 is 5.97 Å². The first-order chi connectivity index (χ1) is 9.15. The van der Waals surface area contributed by atoms with Gasteiger partial charge in [-0.3, -0.25) is 4.79 Å². The van der Waals surface area contributed by atoms with Crippen LogP contribution in [-0.2, 0) is 11.3 Å². The highest BCUT2D eigenvalue weighted by molar-refractivity contribution is 5.85. The van der Waals surface area contributed by atoms with Gasteiger partial charge < -0.3 is 15.7 Å². The first-order valence-electron chi connectivity index (χ1n) is 6.31. The highest BCUT2D eigenvalue weighted by atomic mass is 16.4. The van der Waals surface area contributed by atoms with Gasteiger partial charge in [0, 0.05) is 12.7 Å². The maximum atomic E-state index is 11.5. The first-order valence-corrected chi connectivity index (χ1v) is 6.31. The number of carbonyl (C=O) groups excluding carboxylic acids is 1. The van der Waals surface area contributed by atoms with Crippen molar-refractivity contribution in [2.45, 2.75) is 19.4 Å². The lowest BCUT2D eigenvalue weighted by molar-refractivity contribution is -0.120. The van der Waals surface area contributed by atoms with Crippen molar-refractivity contribution >= 4 is 11.9 Å². The number of aromatic carboxylic acids is 1. The lowest BCUT2D eigenvalue weighted by atomic mass is 10.2. The molecule has 1 amide bonds. The largest absolute Gasteiger partial charge is 0.477 e. The molecule has 0 radical (unpaired) electrons. The Balaban J connectivity index is 1.68. The summed E-state index contributed by atoms with van der Waals surface area (Å²) in [5.74, 6) is -0.372. The molecule has 19 heavy (non-hydrogen) atoms. The molecule has 0 bridgehead atoms.